The van der Waals surface area contributed by atoms with Gasteiger partial charge in [-0.1, -0.05) is 27.5 Å². The number of hydrogen-bond donors (Lipinski definition) is 0. The number of ketones is 1. The first-order valence-corrected chi connectivity index (χ1v) is 7.95. The lowest BCUT2D eigenvalue weighted by Crippen LogP contribution is -2.20. The first-order chi connectivity index (χ1) is 8.91. The minimum atomic E-state index is -3.70. The summed E-state index contributed by atoms with van der Waals surface area (Å²) in [5.41, 5.74) is 0.346. The molecule has 96 valence electrons. The van der Waals surface area contributed by atoms with Gasteiger partial charge >= 0.3 is 0 Å². The minimum absolute atomic E-state index is 0.0236. The molecule has 0 radical (unpaired) electrons. The summed E-state index contributed by atoms with van der Waals surface area (Å²) in [5.74, 6) is -0.308. The topological polar surface area (TPSA) is 51.2 Å². The van der Waals surface area contributed by atoms with Crippen LogP contribution >= 0.6 is 27.5 Å². The Morgan fingerprint density at radius 2 is 1.68 bits per heavy atom. The van der Waals surface area contributed by atoms with E-state index in [1.54, 1.807) is 6.07 Å². The number of carbonyl (C=O) groups excluding carboxylic acids is 1. The molecular weight excluding hydrogens is 352 g/mol. The molecule has 1 aliphatic heterocycles. The van der Waals surface area contributed by atoms with Gasteiger partial charge < -0.3 is 0 Å². The van der Waals surface area contributed by atoms with E-state index in [-0.39, 0.29) is 31.7 Å². The third kappa shape index (κ3) is 1.84. The molecule has 0 atom stereocenters. The second-order valence-corrected chi connectivity index (χ2v) is 7.35. The van der Waals surface area contributed by atoms with Crippen LogP contribution in [0.25, 0.3) is 0 Å². The van der Waals surface area contributed by atoms with Crippen molar-refractivity contribution < 1.29 is 13.2 Å². The highest BCUT2D eigenvalue weighted by molar-refractivity contribution is 9.10. The van der Waals surface area contributed by atoms with Crippen molar-refractivity contribution in [3.8, 4) is 0 Å². The first-order valence-electron chi connectivity index (χ1n) is 5.30. The Morgan fingerprint density at radius 3 is 2.42 bits per heavy atom. The summed E-state index contributed by atoms with van der Waals surface area (Å²) in [6.45, 7) is 0. The summed E-state index contributed by atoms with van der Waals surface area (Å²) < 4.78 is 25.6. The monoisotopic (exact) mass is 356 g/mol. The normalized spacial score (nSPS) is 15.8. The maximum absolute atomic E-state index is 12.5. The van der Waals surface area contributed by atoms with E-state index < -0.39 is 9.84 Å². The Labute approximate surface area is 123 Å². The van der Waals surface area contributed by atoms with Gasteiger partial charge in [0, 0.05) is 20.6 Å². The fourth-order valence-corrected chi connectivity index (χ4v) is 4.34. The molecule has 0 aromatic heterocycles. The molecule has 2 aromatic carbocycles. The molecule has 3 nitrogen and oxygen atoms in total. The van der Waals surface area contributed by atoms with Gasteiger partial charge in [0.1, 0.15) is 0 Å². The molecule has 1 heterocycles. The Bertz CT molecular complexity index is 828. The highest BCUT2D eigenvalue weighted by Gasteiger charge is 2.34. The molecule has 3 rings (SSSR count). The standard InChI is InChI=1S/C13H6BrClO3S/c14-7-1-4-11-10(5-7)13(16)9-3-2-8(15)6-12(9)19(11,17)18/h1-6H. The summed E-state index contributed by atoms with van der Waals surface area (Å²) in [4.78, 5) is 12.3. The van der Waals surface area contributed by atoms with Gasteiger partial charge in [0.25, 0.3) is 0 Å². The zero-order chi connectivity index (χ0) is 13.8. The third-order valence-corrected chi connectivity index (χ3v) is 5.53. The number of halogens is 2. The van der Waals surface area contributed by atoms with Crippen molar-refractivity contribution >= 4 is 43.2 Å². The van der Waals surface area contributed by atoms with Gasteiger partial charge in [-0.2, -0.15) is 0 Å². The van der Waals surface area contributed by atoms with Gasteiger partial charge in [-0.3, -0.25) is 4.79 Å². The van der Waals surface area contributed by atoms with Gasteiger partial charge in [0.15, 0.2) is 5.78 Å². The summed E-state index contributed by atoms with van der Waals surface area (Å²) >= 11 is 9.06. The molecule has 0 aliphatic carbocycles. The first kappa shape index (κ1) is 12.8. The van der Waals surface area contributed by atoms with Crippen molar-refractivity contribution in [2.75, 3.05) is 0 Å². The van der Waals surface area contributed by atoms with Crippen LogP contribution in [0.15, 0.2) is 50.7 Å². The highest BCUT2D eigenvalue weighted by Crippen LogP contribution is 2.36. The second kappa shape index (κ2) is 4.16. The van der Waals surface area contributed by atoms with Crippen LogP contribution in [0.5, 0.6) is 0 Å². The van der Waals surface area contributed by atoms with Crippen LogP contribution in [0.3, 0.4) is 0 Å². The van der Waals surface area contributed by atoms with Crippen molar-refractivity contribution in [2.24, 2.45) is 0 Å². The summed E-state index contributed by atoms with van der Waals surface area (Å²) in [5, 5.41) is 0.288. The lowest BCUT2D eigenvalue weighted by Gasteiger charge is -2.19. The molecule has 6 heteroatoms. The molecule has 0 saturated carbocycles. The maximum Gasteiger partial charge on any atom is 0.208 e. The molecule has 0 fully saturated rings. The number of rotatable bonds is 0. The van der Waals surface area contributed by atoms with Crippen molar-refractivity contribution in [3.05, 3.63) is 57.0 Å². The van der Waals surface area contributed by atoms with E-state index in [0.717, 1.165) is 0 Å². The molecule has 2 aromatic rings. The van der Waals surface area contributed by atoms with Crippen LogP contribution in [0.1, 0.15) is 15.9 Å². The van der Waals surface area contributed by atoms with Crippen LogP contribution in [0.4, 0.5) is 0 Å². The SMILES string of the molecule is O=C1c2cc(Br)ccc2S(=O)(=O)c2cc(Cl)ccc21. The van der Waals surface area contributed by atoms with Crippen LogP contribution < -0.4 is 0 Å². The summed E-state index contributed by atoms with van der Waals surface area (Å²) in [6, 6.07) is 8.82. The van der Waals surface area contributed by atoms with Crippen LogP contribution in [0, 0.1) is 0 Å². The van der Waals surface area contributed by atoms with Crippen LogP contribution in [0.2, 0.25) is 5.02 Å². The minimum Gasteiger partial charge on any atom is -0.289 e. The van der Waals surface area contributed by atoms with Crippen molar-refractivity contribution in [2.45, 2.75) is 9.79 Å². The summed E-state index contributed by atoms with van der Waals surface area (Å²) in [7, 11) is -3.70. The van der Waals surface area contributed by atoms with Gasteiger partial charge in [-0.05, 0) is 36.4 Å². The van der Waals surface area contributed by atoms with Crippen LogP contribution in [-0.2, 0) is 9.84 Å². The van der Waals surface area contributed by atoms with E-state index in [9.17, 15) is 13.2 Å². The molecule has 0 N–H and O–H groups in total. The molecule has 1 aliphatic rings. The molecule has 0 spiro atoms. The van der Waals surface area contributed by atoms with E-state index in [2.05, 4.69) is 15.9 Å². The zero-order valence-electron chi connectivity index (χ0n) is 9.35. The fraction of sp³-hybridized carbons (Fsp3) is 0. The molecule has 0 bridgehead atoms. The zero-order valence-corrected chi connectivity index (χ0v) is 12.5. The fourth-order valence-electron chi connectivity index (χ4n) is 2.08. The van der Waals surface area contributed by atoms with E-state index in [1.165, 1.54) is 30.3 Å². The Balaban J connectivity index is 2.43. The predicted molar refractivity (Wildman–Crippen MR) is 74.5 cm³/mol. The Morgan fingerprint density at radius 1 is 0.947 bits per heavy atom. The smallest absolute Gasteiger partial charge is 0.208 e. The Kier molecular flexibility index (Phi) is 2.81. The van der Waals surface area contributed by atoms with Gasteiger partial charge in [0.05, 0.1) is 9.79 Å². The van der Waals surface area contributed by atoms with E-state index >= 15 is 0 Å². The van der Waals surface area contributed by atoms with Gasteiger partial charge in [-0.25, -0.2) is 8.42 Å². The van der Waals surface area contributed by atoms with Gasteiger partial charge in [0.2, 0.25) is 9.84 Å². The van der Waals surface area contributed by atoms with Gasteiger partial charge in [-0.15, -0.1) is 0 Å². The quantitative estimate of drug-likeness (QED) is 0.619. The number of carbonyl (C=O) groups is 1. The van der Waals surface area contributed by atoms with E-state index in [1.807, 2.05) is 0 Å². The maximum atomic E-state index is 12.5. The van der Waals surface area contributed by atoms with Crippen molar-refractivity contribution in [1.29, 1.82) is 0 Å². The largest absolute Gasteiger partial charge is 0.289 e. The van der Waals surface area contributed by atoms with Crippen molar-refractivity contribution in [1.82, 2.24) is 0 Å². The highest BCUT2D eigenvalue weighted by atomic mass is 79.9. The molecule has 0 amide bonds. The molecule has 19 heavy (non-hydrogen) atoms. The molecule has 0 unspecified atom stereocenters. The number of hydrogen-bond acceptors (Lipinski definition) is 3. The Hall–Kier alpha value is -1.17. The second-order valence-electron chi connectivity index (χ2n) is 4.11. The van der Waals surface area contributed by atoms with Crippen molar-refractivity contribution in [3.63, 3.8) is 0 Å². The van der Waals surface area contributed by atoms with E-state index in [4.69, 9.17) is 11.6 Å². The number of fused-ring (bicyclic) bond motifs is 2. The lowest BCUT2D eigenvalue weighted by molar-refractivity contribution is 0.103. The molecule has 0 saturated heterocycles. The van der Waals surface area contributed by atoms with Crippen LogP contribution in [-0.4, -0.2) is 14.2 Å². The average molecular weight is 358 g/mol. The number of sulfone groups is 1. The number of benzene rings is 2. The summed E-state index contributed by atoms with van der Waals surface area (Å²) in [6.07, 6.45) is 0. The van der Waals surface area contributed by atoms with E-state index in [0.29, 0.717) is 4.47 Å². The molecular formula is C13H6BrClO3S. The predicted octanol–water partition coefficient (Wildman–Crippen LogP) is 3.48. The average Bonchev–Trinajstić information content (AvgIpc) is 2.36. The lowest BCUT2D eigenvalue weighted by atomic mass is 10.0. The third-order valence-electron chi connectivity index (χ3n) is 2.95.